The van der Waals surface area contributed by atoms with Crippen molar-refractivity contribution in [3.8, 4) is 11.5 Å². The van der Waals surface area contributed by atoms with E-state index in [0.717, 1.165) is 22.6 Å². The van der Waals surface area contributed by atoms with E-state index in [-0.39, 0.29) is 12.1 Å². The molecule has 0 aliphatic rings. The molecule has 0 aliphatic heterocycles. The molecule has 0 bridgehead atoms. The van der Waals surface area contributed by atoms with E-state index in [4.69, 9.17) is 9.47 Å². The van der Waals surface area contributed by atoms with Crippen molar-refractivity contribution in [3.63, 3.8) is 0 Å². The lowest BCUT2D eigenvalue weighted by atomic mass is 10.1. The number of benzene rings is 2. The highest BCUT2D eigenvalue weighted by Crippen LogP contribution is 2.29. The first-order valence-corrected chi connectivity index (χ1v) is 8.85. The van der Waals surface area contributed by atoms with Crippen LogP contribution in [0.25, 0.3) is 0 Å². The Morgan fingerprint density at radius 2 is 1.70 bits per heavy atom. The Morgan fingerprint density at radius 1 is 1.04 bits per heavy atom. The van der Waals surface area contributed by atoms with Crippen LogP contribution >= 0.6 is 0 Å². The smallest absolute Gasteiger partial charge is 0.317 e. The minimum Gasteiger partial charge on any atom is -0.497 e. The van der Waals surface area contributed by atoms with Gasteiger partial charge in [-0.3, -0.25) is 0 Å². The second-order valence-electron chi connectivity index (χ2n) is 6.70. The maximum absolute atomic E-state index is 12.6. The molecule has 0 aromatic heterocycles. The van der Waals surface area contributed by atoms with Crippen molar-refractivity contribution in [2.75, 3.05) is 40.3 Å². The van der Waals surface area contributed by atoms with Gasteiger partial charge in [-0.25, -0.2) is 4.79 Å². The van der Waals surface area contributed by atoms with Crippen LogP contribution in [0.1, 0.15) is 24.1 Å². The van der Waals surface area contributed by atoms with Crippen molar-refractivity contribution in [3.05, 3.63) is 53.6 Å². The van der Waals surface area contributed by atoms with Crippen LogP contribution in [-0.2, 0) is 6.54 Å². The lowest BCUT2D eigenvalue weighted by Crippen LogP contribution is -2.38. The number of amides is 2. The van der Waals surface area contributed by atoms with Crippen LogP contribution < -0.4 is 19.7 Å². The van der Waals surface area contributed by atoms with Gasteiger partial charge in [0, 0.05) is 38.9 Å². The van der Waals surface area contributed by atoms with E-state index in [1.807, 2.05) is 68.4 Å². The number of carbonyl (C=O) groups excluding carboxylic acids is 1. The summed E-state index contributed by atoms with van der Waals surface area (Å²) in [4.78, 5) is 16.3. The fourth-order valence-electron chi connectivity index (χ4n) is 2.80. The summed E-state index contributed by atoms with van der Waals surface area (Å²) in [7, 11) is 9.02. The number of nitrogens with one attached hydrogen (secondary N) is 1. The van der Waals surface area contributed by atoms with Crippen LogP contribution in [0.3, 0.4) is 0 Å². The molecule has 146 valence electrons. The van der Waals surface area contributed by atoms with Gasteiger partial charge in [-0.2, -0.15) is 0 Å². The largest absolute Gasteiger partial charge is 0.497 e. The molecule has 0 fully saturated rings. The number of methoxy groups -OCH3 is 2. The summed E-state index contributed by atoms with van der Waals surface area (Å²) < 4.78 is 10.7. The van der Waals surface area contributed by atoms with Gasteiger partial charge in [0.1, 0.15) is 11.5 Å². The molecule has 27 heavy (non-hydrogen) atoms. The summed E-state index contributed by atoms with van der Waals surface area (Å²) in [5.74, 6) is 1.44. The SMILES string of the molecule is COc1ccc(OC)c(C(C)NC(=O)N(C)Cc2ccc(N(C)C)cc2)c1. The van der Waals surface area contributed by atoms with Gasteiger partial charge in [0.25, 0.3) is 0 Å². The Morgan fingerprint density at radius 3 is 2.26 bits per heavy atom. The predicted molar refractivity (Wildman–Crippen MR) is 109 cm³/mol. The highest BCUT2D eigenvalue weighted by molar-refractivity contribution is 5.74. The van der Waals surface area contributed by atoms with E-state index in [1.54, 1.807) is 26.2 Å². The number of rotatable bonds is 7. The summed E-state index contributed by atoms with van der Waals surface area (Å²) >= 11 is 0. The highest BCUT2D eigenvalue weighted by atomic mass is 16.5. The molecular formula is C21H29N3O3. The zero-order valence-corrected chi connectivity index (χ0v) is 16.9. The number of carbonyl (C=O) groups is 1. The highest BCUT2D eigenvalue weighted by Gasteiger charge is 2.17. The van der Waals surface area contributed by atoms with Crippen molar-refractivity contribution < 1.29 is 14.3 Å². The first-order chi connectivity index (χ1) is 12.8. The number of nitrogens with zero attached hydrogens (tertiary/aromatic N) is 2. The molecule has 1 atom stereocenters. The van der Waals surface area contributed by atoms with Crippen LogP contribution in [-0.4, -0.2) is 46.3 Å². The Hall–Kier alpha value is -2.89. The molecule has 6 heteroatoms. The molecule has 2 aromatic carbocycles. The molecule has 2 rings (SSSR count). The third-order valence-corrected chi connectivity index (χ3v) is 4.46. The standard InChI is InChI=1S/C21H29N3O3/c1-15(19-13-18(26-5)11-12-20(19)27-6)22-21(25)24(4)14-16-7-9-17(10-8-16)23(2)3/h7-13,15H,14H2,1-6H3,(H,22,25). The van der Waals surface area contributed by atoms with Gasteiger partial charge in [-0.1, -0.05) is 12.1 Å². The second-order valence-corrected chi connectivity index (χ2v) is 6.70. The van der Waals surface area contributed by atoms with E-state index in [1.165, 1.54) is 0 Å². The Kier molecular flexibility index (Phi) is 6.93. The Balaban J connectivity index is 2.03. The summed E-state index contributed by atoms with van der Waals surface area (Å²) in [6.07, 6.45) is 0. The average Bonchev–Trinajstić information content (AvgIpc) is 2.67. The topological polar surface area (TPSA) is 54.0 Å². The van der Waals surface area contributed by atoms with E-state index in [9.17, 15) is 4.79 Å². The average molecular weight is 371 g/mol. The monoisotopic (exact) mass is 371 g/mol. The number of anilines is 1. The molecule has 0 radical (unpaired) electrons. The molecule has 1 unspecified atom stereocenters. The summed E-state index contributed by atoms with van der Waals surface area (Å²) in [6, 6.07) is 13.3. The lowest BCUT2D eigenvalue weighted by molar-refractivity contribution is 0.203. The zero-order chi connectivity index (χ0) is 20.0. The zero-order valence-electron chi connectivity index (χ0n) is 16.9. The molecular weight excluding hydrogens is 342 g/mol. The summed E-state index contributed by atoms with van der Waals surface area (Å²) in [5, 5.41) is 3.02. The number of ether oxygens (including phenoxy) is 2. The van der Waals surface area contributed by atoms with E-state index >= 15 is 0 Å². The summed E-state index contributed by atoms with van der Waals surface area (Å²) in [5.41, 5.74) is 3.07. The van der Waals surface area contributed by atoms with Gasteiger partial charge in [0.15, 0.2) is 0 Å². The van der Waals surface area contributed by atoms with Crippen LogP contribution in [0.5, 0.6) is 11.5 Å². The van der Waals surface area contributed by atoms with E-state index in [2.05, 4.69) is 5.32 Å². The van der Waals surface area contributed by atoms with E-state index in [0.29, 0.717) is 12.3 Å². The second kappa shape index (κ2) is 9.16. The number of hydrogen-bond donors (Lipinski definition) is 1. The molecule has 0 saturated heterocycles. The first kappa shape index (κ1) is 20.4. The first-order valence-electron chi connectivity index (χ1n) is 8.85. The maximum Gasteiger partial charge on any atom is 0.317 e. The van der Waals surface area contributed by atoms with Gasteiger partial charge in [0.2, 0.25) is 0 Å². The number of hydrogen-bond acceptors (Lipinski definition) is 4. The Bertz CT molecular complexity index is 760. The van der Waals surface area contributed by atoms with Gasteiger partial charge in [0.05, 0.1) is 20.3 Å². The fraction of sp³-hybridized carbons (Fsp3) is 0.381. The van der Waals surface area contributed by atoms with Crippen LogP contribution in [0.4, 0.5) is 10.5 Å². The molecule has 1 N–H and O–H groups in total. The normalized spacial score (nSPS) is 11.5. The van der Waals surface area contributed by atoms with Crippen molar-refractivity contribution in [2.24, 2.45) is 0 Å². The van der Waals surface area contributed by atoms with Crippen molar-refractivity contribution in [2.45, 2.75) is 19.5 Å². The quantitative estimate of drug-likeness (QED) is 0.807. The molecule has 0 saturated carbocycles. The Labute approximate surface area is 161 Å². The lowest BCUT2D eigenvalue weighted by Gasteiger charge is -2.23. The molecule has 6 nitrogen and oxygen atoms in total. The molecule has 0 spiro atoms. The minimum absolute atomic E-state index is 0.149. The molecule has 0 heterocycles. The predicted octanol–water partition coefficient (Wildman–Crippen LogP) is 3.67. The molecule has 0 aliphatic carbocycles. The van der Waals surface area contributed by atoms with Crippen molar-refractivity contribution >= 4 is 11.7 Å². The van der Waals surface area contributed by atoms with Crippen LogP contribution in [0.15, 0.2) is 42.5 Å². The third-order valence-electron chi connectivity index (χ3n) is 4.46. The van der Waals surface area contributed by atoms with Crippen LogP contribution in [0.2, 0.25) is 0 Å². The van der Waals surface area contributed by atoms with E-state index < -0.39 is 0 Å². The third kappa shape index (κ3) is 5.29. The van der Waals surface area contributed by atoms with Crippen molar-refractivity contribution in [1.82, 2.24) is 10.2 Å². The minimum atomic E-state index is -0.221. The van der Waals surface area contributed by atoms with Crippen molar-refractivity contribution in [1.29, 1.82) is 0 Å². The maximum atomic E-state index is 12.6. The van der Waals surface area contributed by atoms with Gasteiger partial charge in [-0.15, -0.1) is 0 Å². The molecule has 2 amide bonds. The molecule has 2 aromatic rings. The summed E-state index contributed by atoms with van der Waals surface area (Å²) in [6.45, 7) is 2.45. The van der Waals surface area contributed by atoms with Gasteiger partial charge >= 0.3 is 6.03 Å². The van der Waals surface area contributed by atoms with Crippen LogP contribution in [0, 0.1) is 0 Å². The van der Waals surface area contributed by atoms with Gasteiger partial charge in [-0.05, 0) is 42.8 Å². The van der Waals surface area contributed by atoms with Gasteiger partial charge < -0.3 is 24.6 Å². The fourth-order valence-corrected chi connectivity index (χ4v) is 2.80. The number of urea groups is 1.